The zero-order chi connectivity index (χ0) is 13.7. The van der Waals surface area contributed by atoms with E-state index < -0.39 is 6.09 Å². The number of nitrogens with zero attached hydrogens (tertiary/aromatic N) is 1. The Balaban J connectivity index is 2.10. The first-order valence-corrected chi connectivity index (χ1v) is 5.85. The number of hydrogen-bond donors (Lipinski definition) is 3. The fourth-order valence-electron chi connectivity index (χ4n) is 1.78. The molecule has 0 saturated heterocycles. The van der Waals surface area contributed by atoms with Crippen molar-refractivity contribution in [2.24, 2.45) is 0 Å². The number of nitrogens with one attached hydrogen (secondary N) is 2. The lowest BCUT2D eigenvalue weighted by Gasteiger charge is -2.05. The molecular weight excluding hydrogens is 246 g/mol. The number of carboxylic acid groups (broad SMARTS) is 1. The van der Waals surface area contributed by atoms with Gasteiger partial charge in [-0.1, -0.05) is 12.1 Å². The van der Waals surface area contributed by atoms with E-state index in [9.17, 15) is 4.79 Å². The van der Waals surface area contributed by atoms with Crippen LogP contribution in [0.25, 0.3) is 11.3 Å². The van der Waals surface area contributed by atoms with E-state index in [2.05, 4.69) is 15.3 Å². The van der Waals surface area contributed by atoms with Crippen molar-refractivity contribution < 1.29 is 14.6 Å². The van der Waals surface area contributed by atoms with Crippen molar-refractivity contribution >= 4 is 6.09 Å². The van der Waals surface area contributed by atoms with Crippen LogP contribution >= 0.6 is 0 Å². The molecule has 0 aliphatic carbocycles. The third kappa shape index (κ3) is 3.25. The largest absolute Gasteiger partial charge is 0.496 e. The molecule has 0 bridgehead atoms. The van der Waals surface area contributed by atoms with Crippen LogP contribution in [0.4, 0.5) is 4.79 Å². The van der Waals surface area contributed by atoms with Gasteiger partial charge in [0.05, 0.1) is 19.0 Å². The molecule has 6 nitrogen and oxygen atoms in total. The molecule has 1 heterocycles. The molecule has 0 unspecified atom stereocenters. The van der Waals surface area contributed by atoms with Gasteiger partial charge in [-0.3, -0.25) is 0 Å². The Morgan fingerprint density at radius 3 is 3.00 bits per heavy atom. The normalized spacial score (nSPS) is 10.2. The molecule has 1 aromatic heterocycles. The van der Waals surface area contributed by atoms with Crippen LogP contribution in [-0.2, 0) is 6.42 Å². The second kappa shape index (κ2) is 5.90. The van der Waals surface area contributed by atoms with Crippen LogP contribution in [0.15, 0.2) is 30.5 Å². The number of para-hydroxylation sites is 1. The van der Waals surface area contributed by atoms with Crippen molar-refractivity contribution in [2.75, 3.05) is 13.7 Å². The number of amides is 1. The summed E-state index contributed by atoms with van der Waals surface area (Å²) in [6.07, 6.45) is 1.20. The number of methoxy groups -OCH3 is 1. The van der Waals surface area contributed by atoms with E-state index in [4.69, 9.17) is 9.84 Å². The molecule has 100 valence electrons. The number of H-pyrrole nitrogens is 1. The van der Waals surface area contributed by atoms with Crippen molar-refractivity contribution in [1.82, 2.24) is 15.3 Å². The highest BCUT2D eigenvalue weighted by Gasteiger charge is 2.08. The topological polar surface area (TPSA) is 87.2 Å². The standard InChI is InChI=1S/C13H15N3O3/c1-19-11-5-3-2-4-9(11)10-8-15-12(16-10)6-7-14-13(17)18/h2-5,8,14H,6-7H2,1H3,(H,15,16)(H,17,18). The van der Waals surface area contributed by atoms with Crippen molar-refractivity contribution in [3.05, 3.63) is 36.3 Å². The van der Waals surface area contributed by atoms with Crippen molar-refractivity contribution in [1.29, 1.82) is 0 Å². The van der Waals surface area contributed by atoms with Gasteiger partial charge in [0.15, 0.2) is 0 Å². The van der Waals surface area contributed by atoms with Crippen molar-refractivity contribution in [3.63, 3.8) is 0 Å². The average Bonchev–Trinajstić information content (AvgIpc) is 2.87. The van der Waals surface area contributed by atoms with Gasteiger partial charge in [-0.25, -0.2) is 9.78 Å². The minimum atomic E-state index is -1.03. The maximum absolute atomic E-state index is 10.3. The molecule has 1 aromatic carbocycles. The lowest BCUT2D eigenvalue weighted by molar-refractivity contribution is 0.194. The number of imidazole rings is 1. The maximum atomic E-state index is 10.3. The van der Waals surface area contributed by atoms with Crippen molar-refractivity contribution in [2.45, 2.75) is 6.42 Å². The fraction of sp³-hybridized carbons (Fsp3) is 0.231. The summed E-state index contributed by atoms with van der Waals surface area (Å²) in [7, 11) is 1.62. The van der Waals surface area contributed by atoms with E-state index in [1.54, 1.807) is 13.3 Å². The van der Waals surface area contributed by atoms with Crippen LogP contribution in [0.1, 0.15) is 5.82 Å². The van der Waals surface area contributed by atoms with Gasteiger partial charge >= 0.3 is 6.09 Å². The first kappa shape index (κ1) is 12.9. The molecule has 0 spiro atoms. The predicted octanol–water partition coefficient (Wildman–Crippen LogP) is 1.90. The van der Waals surface area contributed by atoms with Gasteiger partial charge < -0.3 is 20.1 Å². The van der Waals surface area contributed by atoms with Crippen LogP contribution in [-0.4, -0.2) is 34.8 Å². The Kier molecular flexibility index (Phi) is 4.02. The van der Waals surface area contributed by atoms with E-state index in [0.717, 1.165) is 22.8 Å². The Labute approximate surface area is 110 Å². The second-order valence-corrected chi connectivity index (χ2v) is 3.93. The minimum Gasteiger partial charge on any atom is -0.496 e. The van der Waals surface area contributed by atoms with Crippen molar-refractivity contribution in [3.8, 4) is 17.0 Å². The molecule has 0 radical (unpaired) electrons. The summed E-state index contributed by atoms with van der Waals surface area (Å²) in [6, 6.07) is 7.63. The first-order valence-electron chi connectivity index (χ1n) is 5.85. The monoisotopic (exact) mass is 261 g/mol. The van der Waals surface area contributed by atoms with Gasteiger partial charge in [0.2, 0.25) is 0 Å². The molecule has 0 aliphatic rings. The van der Waals surface area contributed by atoms with E-state index in [1.807, 2.05) is 24.3 Å². The van der Waals surface area contributed by atoms with Crippen LogP contribution in [0.3, 0.4) is 0 Å². The van der Waals surface area contributed by atoms with Crippen LogP contribution in [0, 0.1) is 0 Å². The third-order valence-electron chi connectivity index (χ3n) is 2.66. The molecule has 19 heavy (non-hydrogen) atoms. The highest BCUT2D eigenvalue weighted by atomic mass is 16.5. The summed E-state index contributed by atoms with van der Waals surface area (Å²) >= 11 is 0. The summed E-state index contributed by atoms with van der Waals surface area (Å²) in [4.78, 5) is 17.7. The molecule has 0 saturated carbocycles. The second-order valence-electron chi connectivity index (χ2n) is 3.93. The van der Waals surface area contributed by atoms with Crippen LogP contribution < -0.4 is 10.1 Å². The van der Waals surface area contributed by atoms with Crippen LogP contribution in [0.5, 0.6) is 5.75 Å². The maximum Gasteiger partial charge on any atom is 0.404 e. The van der Waals surface area contributed by atoms with E-state index >= 15 is 0 Å². The number of ether oxygens (including phenoxy) is 1. The summed E-state index contributed by atoms with van der Waals surface area (Å²) in [5.74, 6) is 1.50. The molecule has 0 atom stereocenters. The SMILES string of the molecule is COc1ccccc1-c1cnc(CCNC(=O)O)[nH]1. The van der Waals surface area contributed by atoms with Gasteiger partial charge in [0, 0.05) is 18.5 Å². The Hall–Kier alpha value is -2.50. The highest BCUT2D eigenvalue weighted by molar-refractivity contribution is 5.66. The number of aromatic nitrogens is 2. The molecule has 1 amide bonds. The molecule has 0 aliphatic heterocycles. The Bertz CT molecular complexity index is 566. The van der Waals surface area contributed by atoms with Gasteiger partial charge in [-0.2, -0.15) is 0 Å². The van der Waals surface area contributed by atoms with Gasteiger partial charge in [0.1, 0.15) is 11.6 Å². The molecule has 6 heteroatoms. The number of rotatable bonds is 5. The smallest absolute Gasteiger partial charge is 0.404 e. The summed E-state index contributed by atoms with van der Waals surface area (Å²) in [5, 5.41) is 10.8. The summed E-state index contributed by atoms with van der Waals surface area (Å²) in [6.45, 7) is 0.328. The number of benzene rings is 1. The lowest BCUT2D eigenvalue weighted by Crippen LogP contribution is -2.23. The van der Waals surface area contributed by atoms with E-state index in [-0.39, 0.29) is 0 Å². The molecule has 2 rings (SSSR count). The zero-order valence-corrected chi connectivity index (χ0v) is 10.5. The Morgan fingerprint density at radius 1 is 1.47 bits per heavy atom. The molecule has 0 fully saturated rings. The number of carbonyl (C=O) groups is 1. The van der Waals surface area contributed by atoms with E-state index in [1.165, 1.54) is 0 Å². The summed E-state index contributed by atoms with van der Waals surface area (Å²) in [5.41, 5.74) is 1.78. The van der Waals surface area contributed by atoms with Gasteiger partial charge in [-0.05, 0) is 12.1 Å². The van der Waals surface area contributed by atoms with Gasteiger partial charge in [0.25, 0.3) is 0 Å². The predicted molar refractivity (Wildman–Crippen MR) is 70.3 cm³/mol. The zero-order valence-electron chi connectivity index (χ0n) is 10.5. The van der Waals surface area contributed by atoms with Crippen LogP contribution in [0.2, 0.25) is 0 Å². The Morgan fingerprint density at radius 2 is 2.26 bits per heavy atom. The molecule has 3 N–H and O–H groups in total. The number of aromatic amines is 1. The minimum absolute atomic E-state index is 0.328. The van der Waals surface area contributed by atoms with E-state index in [0.29, 0.717) is 13.0 Å². The molecular formula is C13H15N3O3. The third-order valence-corrected chi connectivity index (χ3v) is 2.66. The highest BCUT2D eigenvalue weighted by Crippen LogP contribution is 2.27. The summed E-state index contributed by atoms with van der Waals surface area (Å²) < 4.78 is 5.28. The molecule has 2 aromatic rings. The average molecular weight is 261 g/mol. The van der Waals surface area contributed by atoms with Gasteiger partial charge in [-0.15, -0.1) is 0 Å². The quantitative estimate of drug-likeness (QED) is 0.767. The number of hydrogen-bond acceptors (Lipinski definition) is 3. The fourth-order valence-corrected chi connectivity index (χ4v) is 1.78. The lowest BCUT2D eigenvalue weighted by atomic mass is 10.1. The first-order chi connectivity index (χ1) is 9.20.